The van der Waals surface area contributed by atoms with E-state index in [1.54, 1.807) is 17.9 Å². The first kappa shape index (κ1) is 19.0. The monoisotopic (exact) mass is 374 g/mol. The molecule has 1 aromatic rings. The Hall–Kier alpha value is -1.31. The molecular formula is C16H23ClN2O4S. The van der Waals surface area contributed by atoms with Crippen LogP contribution in [0.2, 0.25) is 5.02 Å². The van der Waals surface area contributed by atoms with E-state index < -0.39 is 16.1 Å². The maximum atomic E-state index is 12.6. The minimum atomic E-state index is -3.93. The van der Waals surface area contributed by atoms with Crippen LogP contribution in [0.4, 0.5) is 0 Å². The van der Waals surface area contributed by atoms with Gasteiger partial charge in [-0.1, -0.05) is 18.5 Å². The Balaban J connectivity index is 2.14. The molecule has 1 amide bonds. The van der Waals surface area contributed by atoms with Gasteiger partial charge in [-0.05, 0) is 43.9 Å². The molecule has 0 radical (unpaired) electrons. The zero-order chi connectivity index (χ0) is 17.9. The van der Waals surface area contributed by atoms with Gasteiger partial charge in [-0.3, -0.25) is 4.79 Å². The molecule has 1 aliphatic heterocycles. The van der Waals surface area contributed by atoms with Gasteiger partial charge < -0.3 is 9.64 Å². The van der Waals surface area contributed by atoms with Crippen molar-refractivity contribution < 1.29 is 17.9 Å². The minimum absolute atomic E-state index is 0.0792. The van der Waals surface area contributed by atoms with Crippen LogP contribution in [0.15, 0.2) is 23.1 Å². The molecule has 1 fully saturated rings. The van der Waals surface area contributed by atoms with Crippen LogP contribution in [0.3, 0.4) is 0 Å². The summed E-state index contributed by atoms with van der Waals surface area (Å²) in [5, 5.41) is 0.278. The largest absolute Gasteiger partial charge is 0.495 e. The molecular weight excluding hydrogens is 352 g/mol. The van der Waals surface area contributed by atoms with Gasteiger partial charge in [0.05, 0.1) is 13.2 Å². The fourth-order valence-corrected chi connectivity index (χ4v) is 4.34. The minimum Gasteiger partial charge on any atom is -0.495 e. The molecule has 0 bridgehead atoms. The van der Waals surface area contributed by atoms with Crippen LogP contribution >= 0.6 is 11.6 Å². The van der Waals surface area contributed by atoms with Gasteiger partial charge in [0.25, 0.3) is 0 Å². The van der Waals surface area contributed by atoms with E-state index in [4.69, 9.17) is 16.3 Å². The molecule has 2 rings (SSSR count). The third kappa shape index (κ3) is 4.40. The number of sulfonamides is 1. The highest BCUT2D eigenvalue weighted by atomic mass is 35.5. The average molecular weight is 375 g/mol. The van der Waals surface area contributed by atoms with Crippen molar-refractivity contribution in [2.24, 2.45) is 5.92 Å². The van der Waals surface area contributed by atoms with Gasteiger partial charge in [0, 0.05) is 18.1 Å². The Bertz CT molecular complexity index is 700. The van der Waals surface area contributed by atoms with Gasteiger partial charge in [-0.15, -0.1) is 0 Å². The Morgan fingerprint density at radius 2 is 2.00 bits per heavy atom. The fourth-order valence-electron chi connectivity index (χ4n) is 2.71. The van der Waals surface area contributed by atoms with Crippen molar-refractivity contribution in [2.45, 2.75) is 37.6 Å². The number of halogens is 1. The van der Waals surface area contributed by atoms with Crippen molar-refractivity contribution in [3.63, 3.8) is 0 Å². The summed E-state index contributed by atoms with van der Waals surface area (Å²) in [4.78, 5) is 14.1. The second kappa shape index (κ2) is 7.72. The number of nitrogens with zero attached hydrogens (tertiary/aromatic N) is 1. The number of nitrogens with one attached hydrogen (secondary N) is 1. The Kier molecular flexibility index (Phi) is 6.11. The number of amides is 1. The van der Waals surface area contributed by atoms with Gasteiger partial charge in [0.2, 0.25) is 15.9 Å². The molecule has 0 aromatic heterocycles. The Morgan fingerprint density at radius 1 is 1.38 bits per heavy atom. The Morgan fingerprint density at radius 3 is 2.58 bits per heavy atom. The number of ether oxygens (including phenoxy) is 1. The molecule has 134 valence electrons. The lowest BCUT2D eigenvalue weighted by Gasteiger charge is -2.32. The molecule has 24 heavy (non-hydrogen) atoms. The van der Waals surface area contributed by atoms with Gasteiger partial charge in [0.15, 0.2) is 0 Å². The summed E-state index contributed by atoms with van der Waals surface area (Å²) in [6.07, 6.45) is 1.88. The lowest BCUT2D eigenvalue weighted by atomic mass is 9.99. The third-order valence-corrected chi connectivity index (χ3v) is 6.01. The topological polar surface area (TPSA) is 75.7 Å². The quantitative estimate of drug-likeness (QED) is 0.857. The van der Waals surface area contributed by atoms with Crippen LogP contribution < -0.4 is 9.46 Å². The number of methoxy groups -OCH3 is 1. The highest BCUT2D eigenvalue weighted by molar-refractivity contribution is 7.89. The van der Waals surface area contributed by atoms with Gasteiger partial charge in [-0.2, -0.15) is 4.72 Å². The summed E-state index contributed by atoms with van der Waals surface area (Å²) in [6, 6.07) is 3.48. The molecule has 8 heteroatoms. The molecule has 1 saturated heterocycles. The van der Waals surface area contributed by atoms with Crippen molar-refractivity contribution in [3.8, 4) is 5.75 Å². The maximum Gasteiger partial charge on any atom is 0.245 e. The molecule has 1 heterocycles. The zero-order valence-corrected chi connectivity index (χ0v) is 15.7. The number of rotatable bonds is 5. The van der Waals surface area contributed by atoms with Crippen LogP contribution in [-0.2, 0) is 14.8 Å². The van der Waals surface area contributed by atoms with Crippen molar-refractivity contribution in [3.05, 3.63) is 23.2 Å². The molecule has 1 N–H and O–H groups in total. The molecule has 0 saturated carbocycles. The molecule has 1 atom stereocenters. The number of benzene rings is 1. The third-order valence-electron chi connectivity index (χ3n) is 4.21. The van der Waals surface area contributed by atoms with E-state index in [1.807, 2.05) is 0 Å². The standard InChI is InChI=1S/C16H23ClN2O4S/c1-11-6-8-19(9-7-11)16(20)12(2)18-24(21,22)15-10-13(17)4-5-14(15)23-3/h4-5,10-12,18H,6-9H2,1-3H3. The Labute approximate surface area is 148 Å². The van der Waals surface area contributed by atoms with Crippen LogP contribution in [0.1, 0.15) is 26.7 Å². The number of carbonyl (C=O) groups is 1. The van der Waals surface area contributed by atoms with Crippen molar-refractivity contribution >= 4 is 27.5 Å². The van der Waals surface area contributed by atoms with Crippen molar-refractivity contribution in [1.82, 2.24) is 9.62 Å². The molecule has 1 unspecified atom stereocenters. The van der Waals surface area contributed by atoms with Crippen molar-refractivity contribution in [1.29, 1.82) is 0 Å². The summed E-state index contributed by atoms with van der Waals surface area (Å²) in [5.74, 6) is 0.557. The predicted molar refractivity (Wildman–Crippen MR) is 92.8 cm³/mol. The smallest absolute Gasteiger partial charge is 0.245 e. The van der Waals surface area contributed by atoms with E-state index in [1.165, 1.54) is 19.2 Å². The van der Waals surface area contributed by atoms with Gasteiger partial charge in [-0.25, -0.2) is 8.42 Å². The summed E-state index contributed by atoms with van der Waals surface area (Å²) in [6.45, 7) is 5.02. The van der Waals surface area contributed by atoms with E-state index in [0.717, 1.165) is 12.8 Å². The van der Waals surface area contributed by atoms with E-state index in [0.29, 0.717) is 19.0 Å². The van der Waals surface area contributed by atoms with Crippen LogP contribution in [0, 0.1) is 5.92 Å². The van der Waals surface area contributed by atoms with E-state index >= 15 is 0 Å². The zero-order valence-electron chi connectivity index (χ0n) is 14.1. The highest BCUT2D eigenvalue weighted by Gasteiger charge is 2.29. The number of hydrogen-bond acceptors (Lipinski definition) is 4. The highest BCUT2D eigenvalue weighted by Crippen LogP contribution is 2.27. The molecule has 0 spiro atoms. The summed E-state index contributed by atoms with van der Waals surface area (Å²) < 4.78 is 32.7. The SMILES string of the molecule is COc1ccc(Cl)cc1S(=O)(=O)NC(C)C(=O)N1CCC(C)CC1. The summed E-state index contributed by atoms with van der Waals surface area (Å²) >= 11 is 5.89. The normalized spacial score (nSPS) is 17.6. The summed E-state index contributed by atoms with van der Waals surface area (Å²) in [5.41, 5.74) is 0. The second-order valence-electron chi connectivity index (χ2n) is 6.15. The fraction of sp³-hybridized carbons (Fsp3) is 0.562. The van der Waals surface area contributed by atoms with Crippen LogP contribution in [0.25, 0.3) is 0 Å². The lowest BCUT2D eigenvalue weighted by Crippen LogP contribution is -2.49. The van der Waals surface area contributed by atoms with E-state index in [-0.39, 0.29) is 21.6 Å². The van der Waals surface area contributed by atoms with Gasteiger partial charge >= 0.3 is 0 Å². The van der Waals surface area contributed by atoms with Crippen LogP contribution in [-0.4, -0.2) is 45.5 Å². The van der Waals surface area contributed by atoms with E-state index in [2.05, 4.69) is 11.6 Å². The average Bonchev–Trinajstić information content (AvgIpc) is 2.54. The molecule has 0 aliphatic carbocycles. The number of hydrogen-bond donors (Lipinski definition) is 1. The molecule has 1 aromatic carbocycles. The predicted octanol–water partition coefficient (Wildman–Crippen LogP) is 2.27. The molecule has 6 nitrogen and oxygen atoms in total. The van der Waals surface area contributed by atoms with Gasteiger partial charge in [0.1, 0.15) is 10.6 Å². The van der Waals surface area contributed by atoms with Crippen LogP contribution in [0.5, 0.6) is 5.75 Å². The summed E-state index contributed by atoms with van der Waals surface area (Å²) in [7, 11) is -2.55. The first-order chi connectivity index (χ1) is 11.2. The maximum absolute atomic E-state index is 12.6. The molecule has 1 aliphatic rings. The first-order valence-corrected chi connectivity index (χ1v) is 9.75. The number of carbonyl (C=O) groups excluding carboxylic acids is 1. The second-order valence-corrected chi connectivity index (χ2v) is 8.26. The number of piperidine rings is 1. The van der Waals surface area contributed by atoms with Crippen molar-refractivity contribution in [2.75, 3.05) is 20.2 Å². The lowest BCUT2D eigenvalue weighted by molar-refractivity contribution is -0.133. The first-order valence-electron chi connectivity index (χ1n) is 7.89. The number of likely N-dealkylation sites (tertiary alicyclic amines) is 1. The van der Waals surface area contributed by atoms with E-state index in [9.17, 15) is 13.2 Å².